The number of carbonyl (C=O) groups is 1. The van der Waals surface area contributed by atoms with E-state index in [4.69, 9.17) is 0 Å². The number of sulfonamides is 1. The van der Waals surface area contributed by atoms with Crippen LogP contribution in [0, 0.1) is 0 Å². The fraction of sp³-hybridized carbons (Fsp3) is 0.500. The number of benzene rings is 1. The van der Waals surface area contributed by atoms with Crippen LogP contribution < -0.4 is 0 Å². The van der Waals surface area contributed by atoms with E-state index >= 15 is 0 Å². The lowest BCUT2D eigenvalue weighted by molar-refractivity contribution is -0.133. The van der Waals surface area contributed by atoms with Gasteiger partial charge < -0.3 is 4.90 Å². The normalized spacial score (nSPS) is 22.7. The van der Waals surface area contributed by atoms with E-state index in [1.165, 1.54) is 16.1 Å². The van der Waals surface area contributed by atoms with E-state index in [-0.39, 0.29) is 16.8 Å². The molecule has 3 rings (SSSR count). The predicted octanol–water partition coefficient (Wildman–Crippen LogP) is 2.13. The molecule has 1 aromatic rings. The first kappa shape index (κ1) is 16.3. The van der Waals surface area contributed by atoms with E-state index in [1.807, 2.05) is 0 Å². The molecule has 1 saturated carbocycles. The van der Waals surface area contributed by atoms with Crippen molar-refractivity contribution in [1.82, 2.24) is 9.21 Å². The second-order valence-electron chi connectivity index (χ2n) is 5.55. The smallest absolute Gasteiger partial charge is 0.244 e. The zero-order valence-corrected chi connectivity index (χ0v) is 15.3. The Hall–Kier alpha value is -0.570. The molecule has 0 aromatic heterocycles. The number of hydrogen-bond donors (Lipinski definition) is 0. The van der Waals surface area contributed by atoms with Crippen molar-refractivity contribution in [1.29, 1.82) is 0 Å². The van der Waals surface area contributed by atoms with Crippen LogP contribution in [0.2, 0.25) is 0 Å². The van der Waals surface area contributed by atoms with Gasteiger partial charge in [-0.3, -0.25) is 4.79 Å². The molecule has 120 valence electrons. The van der Waals surface area contributed by atoms with Gasteiger partial charge in [0.15, 0.2) is 0 Å². The molecule has 1 aliphatic carbocycles. The third kappa shape index (κ3) is 3.06. The van der Waals surface area contributed by atoms with Gasteiger partial charge in [-0.1, -0.05) is 22.0 Å². The molecular formula is C14H17BrN2O3S2. The van der Waals surface area contributed by atoms with Crippen molar-refractivity contribution in [3.05, 3.63) is 28.7 Å². The third-order valence-corrected chi connectivity index (χ3v) is 7.49. The Kier molecular flexibility index (Phi) is 4.55. The molecule has 1 amide bonds. The van der Waals surface area contributed by atoms with Gasteiger partial charge in [0.05, 0.1) is 10.8 Å². The lowest BCUT2D eigenvalue weighted by Crippen LogP contribution is -2.48. The molecule has 2 aliphatic rings. The summed E-state index contributed by atoms with van der Waals surface area (Å²) in [5, 5.41) is 0. The van der Waals surface area contributed by atoms with Crippen LogP contribution in [0.15, 0.2) is 33.6 Å². The highest BCUT2D eigenvalue weighted by atomic mass is 79.9. The van der Waals surface area contributed by atoms with E-state index in [9.17, 15) is 13.2 Å². The summed E-state index contributed by atoms with van der Waals surface area (Å²) in [5.74, 6) is 0.749. The van der Waals surface area contributed by atoms with Crippen LogP contribution in [0.3, 0.4) is 0 Å². The maximum atomic E-state index is 12.8. The highest BCUT2D eigenvalue weighted by molar-refractivity contribution is 9.10. The molecule has 5 nitrogen and oxygen atoms in total. The maximum absolute atomic E-state index is 12.8. The first-order chi connectivity index (χ1) is 10.4. The highest BCUT2D eigenvalue weighted by Crippen LogP contribution is 2.32. The summed E-state index contributed by atoms with van der Waals surface area (Å²) in [6.45, 7) is 0. The number of nitrogens with zero attached hydrogens (tertiary/aromatic N) is 2. The lowest BCUT2D eigenvalue weighted by atomic mass is 10.3. The summed E-state index contributed by atoms with van der Waals surface area (Å²) < 4.78 is 27.7. The van der Waals surface area contributed by atoms with Gasteiger partial charge in [0.1, 0.15) is 6.04 Å². The van der Waals surface area contributed by atoms with E-state index in [0.717, 1.165) is 12.8 Å². The molecule has 1 heterocycles. The number of amides is 1. The van der Waals surface area contributed by atoms with Gasteiger partial charge in [-0.15, -0.1) is 11.8 Å². The molecule has 1 saturated heterocycles. The van der Waals surface area contributed by atoms with Crippen molar-refractivity contribution in [2.24, 2.45) is 0 Å². The van der Waals surface area contributed by atoms with Crippen molar-refractivity contribution < 1.29 is 13.2 Å². The number of thioether (sulfide) groups is 1. The number of likely N-dealkylation sites (N-methyl/N-ethyl adjacent to an activating group) is 1. The SMILES string of the molecule is CN(C(=O)C1CSCN1S(=O)(=O)c1cccc(Br)c1)C1CC1. The lowest BCUT2D eigenvalue weighted by Gasteiger charge is -2.26. The molecular weight excluding hydrogens is 388 g/mol. The van der Waals surface area contributed by atoms with Gasteiger partial charge in [0, 0.05) is 23.3 Å². The molecule has 2 fully saturated rings. The third-order valence-electron chi connectivity index (χ3n) is 3.97. The quantitative estimate of drug-likeness (QED) is 0.770. The van der Waals surface area contributed by atoms with Crippen molar-refractivity contribution in [3.63, 3.8) is 0 Å². The predicted molar refractivity (Wildman–Crippen MR) is 90.1 cm³/mol. The fourth-order valence-electron chi connectivity index (χ4n) is 2.50. The Morgan fingerprint density at radius 3 is 2.77 bits per heavy atom. The standard InChI is InChI=1S/C14H17BrN2O3S2/c1-16(11-5-6-11)14(18)13-8-21-9-17(13)22(19,20)12-4-2-3-10(15)7-12/h2-4,7,11,13H,5-6,8-9H2,1H3. The molecule has 0 radical (unpaired) electrons. The van der Waals surface area contributed by atoms with Crippen LogP contribution in [0.1, 0.15) is 12.8 Å². The summed E-state index contributed by atoms with van der Waals surface area (Å²) in [7, 11) is -1.89. The topological polar surface area (TPSA) is 57.7 Å². The first-order valence-electron chi connectivity index (χ1n) is 7.03. The summed E-state index contributed by atoms with van der Waals surface area (Å²) >= 11 is 4.78. The van der Waals surface area contributed by atoms with Crippen LogP contribution in [-0.2, 0) is 14.8 Å². The van der Waals surface area contributed by atoms with Crippen LogP contribution in [0.4, 0.5) is 0 Å². The van der Waals surface area contributed by atoms with E-state index in [1.54, 1.807) is 36.2 Å². The Bertz CT molecular complexity index is 691. The Labute approximate surface area is 143 Å². The monoisotopic (exact) mass is 404 g/mol. The van der Waals surface area contributed by atoms with Gasteiger partial charge in [0.25, 0.3) is 0 Å². The minimum Gasteiger partial charge on any atom is -0.341 e. The molecule has 0 N–H and O–H groups in total. The van der Waals surface area contributed by atoms with Crippen LogP contribution in [0.25, 0.3) is 0 Å². The number of rotatable bonds is 4. The molecule has 0 bridgehead atoms. The van der Waals surface area contributed by atoms with Gasteiger partial charge >= 0.3 is 0 Å². The average Bonchev–Trinajstić information content (AvgIpc) is 3.21. The highest BCUT2D eigenvalue weighted by Gasteiger charge is 2.43. The number of carbonyl (C=O) groups excluding carboxylic acids is 1. The van der Waals surface area contributed by atoms with Crippen LogP contribution in [-0.4, -0.2) is 54.3 Å². The minimum absolute atomic E-state index is 0.0916. The van der Waals surface area contributed by atoms with Gasteiger partial charge in [-0.25, -0.2) is 8.42 Å². The van der Waals surface area contributed by atoms with E-state index in [2.05, 4.69) is 15.9 Å². The Morgan fingerprint density at radius 1 is 1.41 bits per heavy atom. The average molecular weight is 405 g/mol. The molecule has 1 atom stereocenters. The zero-order valence-electron chi connectivity index (χ0n) is 12.1. The maximum Gasteiger partial charge on any atom is 0.244 e. The number of halogens is 1. The number of hydrogen-bond acceptors (Lipinski definition) is 4. The molecule has 8 heteroatoms. The molecule has 1 aliphatic heterocycles. The van der Waals surface area contributed by atoms with E-state index in [0.29, 0.717) is 16.1 Å². The molecule has 0 spiro atoms. The van der Waals surface area contributed by atoms with Crippen LogP contribution in [0.5, 0.6) is 0 Å². The second kappa shape index (κ2) is 6.14. The van der Waals surface area contributed by atoms with Crippen molar-refractivity contribution in [3.8, 4) is 0 Å². The summed E-state index contributed by atoms with van der Waals surface area (Å²) in [4.78, 5) is 14.5. The minimum atomic E-state index is -3.66. The van der Waals surface area contributed by atoms with Crippen LogP contribution >= 0.6 is 27.7 Å². The molecule has 1 aromatic carbocycles. The zero-order chi connectivity index (χ0) is 15.9. The first-order valence-corrected chi connectivity index (χ1v) is 10.4. The van der Waals surface area contributed by atoms with Crippen molar-refractivity contribution in [2.75, 3.05) is 18.7 Å². The summed E-state index contributed by atoms with van der Waals surface area (Å²) in [6.07, 6.45) is 2.03. The fourth-order valence-corrected chi connectivity index (χ4v) is 6.23. The summed E-state index contributed by atoms with van der Waals surface area (Å²) in [5.41, 5.74) is 0. The van der Waals surface area contributed by atoms with E-state index < -0.39 is 16.1 Å². The molecule has 1 unspecified atom stereocenters. The Balaban J connectivity index is 1.87. The van der Waals surface area contributed by atoms with Crippen molar-refractivity contribution >= 4 is 43.6 Å². The Morgan fingerprint density at radius 2 is 2.14 bits per heavy atom. The second-order valence-corrected chi connectivity index (χ2v) is 9.35. The van der Waals surface area contributed by atoms with Gasteiger partial charge in [-0.2, -0.15) is 4.31 Å². The van der Waals surface area contributed by atoms with Gasteiger partial charge in [-0.05, 0) is 31.0 Å². The van der Waals surface area contributed by atoms with Crippen molar-refractivity contribution in [2.45, 2.75) is 29.8 Å². The largest absolute Gasteiger partial charge is 0.341 e. The van der Waals surface area contributed by atoms with Gasteiger partial charge in [0.2, 0.25) is 15.9 Å². The molecule has 22 heavy (non-hydrogen) atoms. The summed E-state index contributed by atoms with van der Waals surface area (Å²) in [6, 6.07) is 6.29.